The zero-order valence-corrected chi connectivity index (χ0v) is 13.7. The van der Waals surface area contributed by atoms with Crippen LogP contribution in [-0.4, -0.2) is 34.5 Å². The Labute approximate surface area is 141 Å². The Morgan fingerprint density at radius 3 is 2.54 bits per heavy atom. The molecule has 1 atom stereocenters. The summed E-state index contributed by atoms with van der Waals surface area (Å²) < 4.78 is 0. The van der Waals surface area contributed by atoms with Crippen molar-refractivity contribution < 1.29 is 14.7 Å². The van der Waals surface area contributed by atoms with Crippen molar-refractivity contribution in [3.05, 3.63) is 70.8 Å². The SMILES string of the molecule is Cc1cc(C(=O)O)cc(C(=O)N2CCCC2Cc2ccccc2)c1. The van der Waals surface area contributed by atoms with E-state index in [0.29, 0.717) is 5.56 Å². The van der Waals surface area contributed by atoms with Crippen molar-refractivity contribution in [3.8, 4) is 0 Å². The molecule has 1 N–H and O–H groups in total. The van der Waals surface area contributed by atoms with Crippen LogP contribution in [0.5, 0.6) is 0 Å². The number of aromatic carboxylic acids is 1. The molecule has 2 aromatic rings. The minimum atomic E-state index is -1.00. The van der Waals surface area contributed by atoms with Crippen LogP contribution in [0.15, 0.2) is 48.5 Å². The van der Waals surface area contributed by atoms with Crippen LogP contribution >= 0.6 is 0 Å². The molecule has 0 aromatic heterocycles. The molecule has 24 heavy (non-hydrogen) atoms. The van der Waals surface area contributed by atoms with Gasteiger partial charge in [0, 0.05) is 18.2 Å². The van der Waals surface area contributed by atoms with E-state index in [-0.39, 0.29) is 17.5 Å². The normalized spacial score (nSPS) is 17.0. The van der Waals surface area contributed by atoms with Crippen molar-refractivity contribution in [2.75, 3.05) is 6.54 Å². The Bertz CT molecular complexity index is 755. The van der Waals surface area contributed by atoms with Crippen molar-refractivity contribution in [3.63, 3.8) is 0 Å². The van der Waals surface area contributed by atoms with Gasteiger partial charge in [-0.1, -0.05) is 30.3 Å². The number of benzene rings is 2. The average Bonchev–Trinajstić information content (AvgIpc) is 3.02. The standard InChI is InChI=1S/C20H21NO3/c1-14-10-16(13-17(11-14)20(23)24)19(22)21-9-5-8-18(21)12-15-6-3-2-4-7-15/h2-4,6-7,10-11,13,18H,5,8-9,12H2,1H3,(H,23,24). The maximum absolute atomic E-state index is 12.9. The zero-order valence-electron chi connectivity index (χ0n) is 13.7. The smallest absolute Gasteiger partial charge is 0.335 e. The Morgan fingerprint density at radius 1 is 1.12 bits per heavy atom. The number of rotatable bonds is 4. The van der Waals surface area contributed by atoms with Gasteiger partial charge in [-0.3, -0.25) is 4.79 Å². The molecule has 4 heteroatoms. The molecule has 1 aliphatic heterocycles. The molecule has 2 aromatic carbocycles. The van der Waals surface area contributed by atoms with Gasteiger partial charge in [-0.15, -0.1) is 0 Å². The fourth-order valence-electron chi connectivity index (χ4n) is 3.40. The lowest BCUT2D eigenvalue weighted by atomic mass is 10.0. The van der Waals surface area contributed by atoms with E-state index < -0.39 is 5.97 Å². The lowest BCUT2D eigenvalue weighted by Gasteiger charge is -2.25. The highest BCUT2D eigenvalue weighted by Gasteiger charge is 2.29. The first-order chi connectivity index (χ1) is 11.5. The molecular formula is C20H21NO3. The average molecular weight is 323 g/mol. The molecule has 1 saturated heterocycles. The molecule has 3 rings (SSSR count). The van der Waals surface area contributed by atoms with Gasteiger partial charge in [-0.2, -0.15) is 0 Å². The van der Waals surface area contributed by atoms with Gasteiger partial charge < -0.3 is 10.0 Å². The number of amides is 1. The van der Waals surface area contributed by atoms with Gasteiger partial charge in [0.05, 0.1) is 5.56 Å². The zero-order chi connectivity index (χ0) is 17.1. The first kappa shape index (κ1) is 16.2. The van der Waals surface area contributed by atoms with Crippen LogP contribution in [0.25, 0.3) is 0 Å². The maximum Gasteiger partial charge on any atom is 0.335 e. The molecule has 0 spiro atoms. The second-order valence-electron chi connectivity index (χ2n) is 6.38. The summed E-state index contributed by atoms with van der Waals surface area (Å²) in [6.45, 7) is 2.54. The number of carboxylic acids is 1. The number of hydrogen-bond acceptors (Lipinski definition) is 2. The molecule has 4 nitrogen and oxygen atoms in total. The van der Waals surface area contributed by atoms with E-state index >= 15 is 0 Å². The maximum atomic E-state index is 12.9. The van der Waals surface area contributed by atoms with Crippen molar-refractivity contribution in [2.24, 2.45) is 0 Å². The predicted octanol–water partition coefficient (Wildman–Crippen LogP) is 3.54. The molecule has 1 heterocycles. The summed E-state index contributed by atoms with van der Waals surface area (Å²) in [5.41, 5.74) is 2.64. The highest BCUT2D eigenvalue weighted by atomic mass is 16.4. The third-order valence-corrected chi connectivity index (χ3v) is 4.52. The van der Waals surface area contributed by atoms with Gasteiger partial charge in [0.15, 0.2) is 0 Å². The fourth-order valence-corrected chi connectivity index (χ4v) is 3.40. The lowest BCUT2D eigenvalue weighted by molar-refractivity contribution is 0.0696. The molecule has 0 radical (unpaired) electrons. The van der Waals surface area contributed by atoms with E-state index in [1.54, 1.807) is 12.1 Å². The second-order valence-corrected chi connectivity index (χ2v) is 6.38. The number of hydrogen-bond donors (Lipinski definition) is 1. The third-order valence-electron chi connectivity index (χ3n) is 4.52. The first-order valence-electron chi connectivity index (χ1n) is 8.24. The van der Waals surface area contributed by atoms with E-state index in [0.717, 1.165) is 31.4 Å². The van der Waals surface area contributed by atoms with Crippen LogP contribution < -0.4 is 0 Å². The Morgan fingerprint density at radius 2 is 1.83 bits per heavy atom. The first-order valence-corrected chi connectivity index (χ1v) is 8.24. The predicted molar refractivity (Wildman–Crippen MR) is 92.3 cm³/mol. The number of likely N-dealkylation sites (tertiary alicyclic amines) is 1. The quantitative estimate of drug-likeness (QED) is 0.936. The van der Waals surface area contributed by atoms with Crippen LogP contribution in [0.2, 0.25) is 0 Å². The molecule has 0 bridgehead atoms. The third kappa shape index (κ3) is 3.48. The molecule has 0 aliphatic carbocycles. The van der Waals surface area contributed by atoms with E-state index in [1.165, 1.54) is 11.6 Å². The summed E-state index contributed by atoms with van der Waals surface area (Å²) in [6, 6.07) is 15.2. The number of aryl methyl sites for hydroxylation is 1. The fraction of sp³-hybridized carbons (Fsp3) is 0.300. The van der Waals surface area contributed by atoms with Crippen LogP contribution in [0.4, 0.5) is 0 Å². The Balaban J connectivity index is 1.82. The lowest BCUT2D eigenvalue weighted by Crippen LogP contribution is -2.37. The molecule has 0 saturated carbocycles. The monoisotopic (exact) mass is 323 g/mol. The molecule has 1 aliphatic rings. The van der Waals surface area contributed by atoms with Crippen LogP contribution in [0.3, 0.4) is 0 Å². The molecule has 1 unspecified atom stereocenters. The van der Waals surface area contributed by atoms with Gasteiger partial charge in [-0.05, 0) is 55.5 Å². The van der Waals surface area contributed by atoms with Crippen molar-refractivity contribution in [2.45, 2.75) is 32.2 Å². The molecular weight excluding hydrogens is 302 g/mol. The van der Waals surface area contributed by atoms with E-state index in [1.807, 2.05) is 30.0 Å². The van der Waals surface area contributed by atoms with Crippen LogP contribution in [-0.2, 0) is 6.42 Å². The van der Waals surface area contributed by atoms with E-state index in [2.05, 4.69) is 12.1 Å². The van der Waals surface area contributed by atoms with Gasteiger partial charge in [-0.25, -0.2) is 4.79 Å². The van der Waals surface area contributed by atoms with E-state index in [9.17, 15) is 14.7 Å². The summed E-state index contributed by atoms with van der Waals surface area (Å²) in [7, 11) is 0. The van der Waals surface area contributed by atoms with Gasteiger partial charge in [0.2, 0.25) is 0 Å². The van der Waals surface area contributed by atoms with Gasteiger partial charge in [0.1, 0.15) is 0 Å². The van der Waals surface area contributed by atoms with Crippen molar-refractivity contribution in [1.29, 1.82) is 0 Å². The summed E-state index contributed by atoms with van der Waals surface area (Å²) in [5, 5.41) is 9.20. The number of nitrogens with zero attached hydrogens (tertiary/aromatic N) is 1. The van der Waals surface area contributed by atoms with Crippen molar-refractivity contribution in [1.82, 2.24) is 4.90 Å². The summed E-state index contributed by atoms with van der Waals surface area (Å²) >= 11 is 0. The van der Waals surface area contributed by atoms with Crippen LogP contribution in [0, 0.1) is 6.92 Å². The topological polar surface area (TPSA) is 57.6 Å². The van der Waals surface area contributed by atoms with Crippen LogP contribution in [0.1, 0.15) is 44.7 Å². The minimum Gasteiger partial charge on any atom is -0.478 e. The number of carboxylic acid groups (broad SMARTS) is 1. The summed E-state index contributed by atoms with van der Waals surface area (Å²) in [4.78, 5) is 26.0. The summed E-state index contributed by atoms with van der Waals surface area (Å²) in [5.74, 6) is -1.07. The van der Waals surface area contributed by atoms with E-state index in [4.69, 9.17) is 0 Å². The molecule has 1 fully saturated rings. The molecule has 1 amide bonds. The summed E-state index contributed by atoms with van der Waals surface area (Å²) in [6.07, 6.45) is 2.81. The van der Waals surface area contributed by atoms with Crippen molar-refractivity contribution >= 4 is 11.9 Å². The minimum absolute atomic E-state index is 0.0698. The van der Waals surface area contributed by atoms with Gasteiger partial charge in [0.25, 0.3) is 5.91 Å². The molecule has 124 valence electrons. The highest BCUT2D eigenvalue weighted by molar-refractivity contribution is 5.98. The number of carbonyl (C=O) groups is 2. The number of carbonyl (C=O) groups excluding carboxylic acids is 1. The Hall–Kier alpha value is -2.62. The second kappa shape index (κ2) is 6.87. The Kier molecular flexibility index (Phi) is 4.65. The van der Waals surface area contributed by atoms with Gasteiger partial charge >= 0.3 is 5.97 Å². The largest absolute Gasteiger partial charge is 0.478 e. The highest BCUT2D eigenvalue weighted by Crippen LogP contribution is 2.24.